The zero-order chi connectivity index (χ0) is 13.9. The van der Waals surface area contributed by atoms with Gasteiger partial charge in [-0.2, -0.15) is 0 Å². The predicted molar refractivity (Wildman–Crippen MR) is 72.5 cm³/mol. The molecule has 2 atom stereocenters. The van der Waals surface area contributed by atoms with Gasteiger partial charge >= 0.3 is 5.97 Å². The van der Waals surface area contributed by atoms with E-state index in [2.05, 4.69) is 5.32 Å². The maximum absolute atomic E-state index is 12.2. The smallest absolute Gasteiger partial charge is 0.329 e. The van der Waals surface area contributed by atoms with Crippen LogP contribution in [-0.2, 0) is 20.9 Å². The first-order valence-electron chi connectivity index (χ1n) is 7.01. The quantitative estimate of drug-likeness (QED) is 0.837. The number of esters is 1. The molecule has 1 amide bonds. The number of fused-ring (bicyclic) bond motifs is 1. The topological polar surface area (TPSA) is 58.6 Å². The lowest BCUT2D eigenvalue weighted by atomic mass is 10.2. The molecular formula is C15H18N2O3. The lowest BCUT2D eigenvalue weighted by Gasteiger charge is -2.33. The van der Waals surface area contributed by atoms with Crippen LogP contribution in [0.25, 0.3) is 0 Å². The van der Waals surface area contributed by atoms with E-state index in [1.807, 2.05) is 30.3 Å². The van der Waals surface area contributed by atoms with Crippen molar-refractivity contribution < 1.29 is 14.3 Å². The fourth-order valence-electron chi connectivity index (χ4n) is 2.89. The Bertz CT molecular complexity index is 503. The van der Waals surface area contributed by atoms with Gasteiger partial charge in [-0.05, 0) is 18.4 Å². The Hall–Kier alpha value is -1.88. The third-order valence-corrected chi connectivity index (χ3v) is 3.89. The molecule has 106 valence electrons. The number of hydrogen-bond acceptors (Lipinski definition) is 4. The molecule has 2 unspecified atom stereocenters. The summed E-state index contributed by atoms with van der Waals surface area (Å²) in [5, 5.41) is 3.27. The second-order valence-corrected chi connectivity index (χ2v) is 5.21. The molecule has 1 N–H and O–H groups in total. The first-order chi connectivity index (χ1) is 9.75. The van der Waals surface area contributed by atoms with Gasteiger partial charge in [-0.1, -0.05) is 30.3 Å². The first kappa shape index (κ1) is 13.1. The standard InChI is InChI=1S/C15H18N2O3/c18-14-8-9-16-13-7-6-12(17(13)14)15(19)20-10-11-4-2-1-3-5-11/h1-5,12-13,16H,6-10H2. The van der Waals surface area contributed by atoms with E-state index in [4.69, 9.17) is 4.74 Å². The van der Waals surface area contributed by atoms with E-state index >= 15 is 0 Å². The normalized spacial score (nSPS) is 25.4. The highest BCUT2D eigenvalue weighted by Crippen LogP contribution is 2.26. The fourth-order valence-corrected chi connectivity index (χ4v) is 2.89. The van der Waals surface area contributed by atoms with Crippen molar-refractivity contribution in [1.29, 1.82) is 0 Å². The predicted octanol–water partition coefficient (Wildman–Crippen LogP) is 1.04. The van der Waals surface area contributed by atoms with E-state index in [-0.39, 0.29) is 24.6 Å². The summed E-state index contributed by atoms with van der Waals surface area (Å²) >= 11 is 0. The average molecular weight is 274 g/mol. The molecule has 20 heavy (non-hydrogen) atoms. The molecule has 2 saturated heterocycles. The van der Waals surface area contributed by atoms with E-state index in [0.29, 0.717) is 19.4 Å². The minimum Gasteiger partial charge on any atom is -0.459 e. The Kier molecular flexibility index (Phi) is 3.69. The van der Waals surface area contributed by atoms with Crippen LogP contribution in [0.1, 0.15) is 24.8 Å². The maximum Gasteiger partial charge on any atom is 0.329 e. The molecule has 0 spiro atoms. The number of rotatable bonds is 3. The Morgan fingerprint density at radius 1 is 1.30 bits per heavy atom. The molecule has 2 aliphatic heterocycles. The number of carbonyl (C=O) groups excluding carboxylic acids is 2. The van der Waals surface area contributed by atoms with E-state index < -0.39 is 6.04 Å². The van der Waals surface area contributed by atoms with Gasteiger partial charge in [0.15, 0.2) is 0 Å². The summed E-state index contributed by atoms with van der Waals surface area (Å²) in [7, 11) is 0. The Balaban J connectivity index is 1.61. The van der Waals surface area contributed by atoms with Gasteiger partial charge in [0.1, 0.15) is 12.6 Å². The third-order valence-electron chi connectivity index (χ3n) is 3.89. The van der Waals surface area contributed by atoms with Crippen molar-refractivity contribution in [3.63, 3.8) is 0 Å². The molecule has 2 heterocycles. The number of nitrogens with zero attached hydrogens (tertiary/aromatic N) is 1. The van der Waals surface area contributed by atoms with Crippen LogP contribution >= 0.6 is 0 Å². The Morgan fingerprint density at radius 2 is 2.10 bits per heavy atom. The highest BCUT2D eigenvalue weighted by molar-refractivity contribution is 5.86. The second-order valence-electron chi connectivity index (χ2n) is 5.21. The van der Waals surface area contributed by atoms with E-state index in [1.165, 1.54) is 0 Å². The van der Waals surface area contributed by atoms with Gasteiger partial charge in [-0.3, -0.25) is 10.1 Å². The molecule has 3 rings (SSSR count). The summed E-state index contributed by atoms with van der Waals surface area (Å²) in [4.78, 5) is 25.8. The first-order valence-corrected chi connectivity index (χ1v) is 7.01. The Labute approximate surface area is 117 Å². The largest absolute Gasteiger partial charge is 0.459 e. The van der Waals surface area contributed by atoms with Crippen LogP contribution < -0.4 is 5.32 Å². The van der Waals surface area contributed by atoms with Crippen molar-refractivity contribution >= 4 is 11.9 Å². The van der Waals surface area contributed by atoms with Crippen molar-refractivity contribution in [2.75, 3.05) is 6.54 Å². The molecule has 1 aromatic rings. The number of benzene rings is 1. The fraction of sp³-hybridized carbons (Fsp3) is 0.467. The third kappa shape index (κ3) is 2.54. The van der Waals surface area contributed by atoms with Gasteiger partial charge in [0.05, 0.1) is 6.17 Å². The van der Waals surface area contributed by atoms with E-state index in [1.54, 1.807) is 4.90 Å². The highest BCUT2D eigenvalue weighted by atomic mass is 16.5. The monoisotopic (exact) mass is 274 g/mol. The number of hydrogen-bond donors (Lipinski definition) is 1. The Morgan fingerprint density at radius 3 is 2.90 bits per heavy atom. The molecule has 0 saturated carbocycles. The summed E-state index contributed by atoms with van der Waals surface area (Å²) in [6, 6.07) is 9.14. The zero-order valence-electron chi connectivity index (χ0n) is 11.2. The van der Waals surface area contributed by atoms with Crippen LogP contribution in [0.15, 0.2) is 30.3 Å². The molecule has 0 bridgehead atoms. The number of nitrogens with one attached hydrogen (secondary N) is 1. The molecule has 5 nitrogen and oxygen atoms in total. The van der Waals surface area contributed by atoms with Crippen LogP contribution in [0.2, 0.25) is 0 Å². The summed E-state index contributed by atoms with van der Waals surface area (Å²) in [6.07, 6.45) is 1.96. The molecule has 2 aliphatic rings. The van der Waals surface area contributed by atoms with E-state index in [0.717, 1.165) is 12.0 Å². The molecule has 5 heteroatoms. The molecule has 2 fully saturated rings. The van der Waals surface area contributed by atoms with E-state index in [9.17, 15) is 9.59 Å². The van der Waals surface area contributed by atoms with Gasteiger partial charge < -0.3 is 9.64 Å². The molecule has 0 aliphatic carbocycles. The van der Waals surface area contributed by atoms with Gasteiger partial charge in [-0.25, -0.2) is 4.79 Å². The summed E-state index contributed by atoms with van der Waals surface area (Å²) in [5.41, 5.74) is 0.957. The van der Waals surface area contributed by atoms with Gasteiger partial charge in [-0.15, -0.1) is 0 Å². The van der Waals surface area contributed by atoms with Crippen molar-refractivity contribution in [2.45, 2.75) is 38.1 Å². The number of carbonyl (C=O) groups is 2. The molecule has 0 radical (unpaired) electrons. The van der Waals surface area contributed by atoms with Gasteiger partial charge in [0, 0.05) is 13.0 Å². The van der Waals surface area contributed by atoms with Gasteiger partial charge in [0.2, 0.25) is 5.91 Å². The lowest BCUT2D eigenvalue weighted by molar-refractivity contribution is -0.157. The second kappa shape index (κ2) is 5.63. The SMILES string of the molecule is O=C(OCc1ccccc1)C1CCC2NCCC(=O)N21. The highest BCUT2D eigenvalue weighted by Gasteiger charge is 2.43. The molecular weight excluding hydrogens is 256 g/mol. The van der Waals surface area contributed by atoms with Crippen LogP contribution in [0.5, 0.6) is 0 Å². The van der Waals surface area contributed by atoms with Crippen molar-refractivity contribution in [3.05, 3.63) is 35.9 Å². The van der Waals surface area contributed by atoms with Crippen LogP contribution in [0, 0.1) is 0 Å². The average Bonchev–Trinajstić information content (AvgIpc) is 2.91. The van der Waals surface area contributed by atoms with Gasteiger partial charge in [0.25, 0.3) is 0 Å². The lowest BCUT2D eigenvalue weighted by Crippen LogP contribution is -2.55. The zero-order valence-corrected chi connectivity index (χ0v) is 11.2. The van der Waals surface area contributed by atoms with Crippen LogP contribution in [0.4, 0.5) is 0 Å². The maximum atomic E-state index is 12.2. The van der Waals surface area contributed by atoms with Crippen molar-refractivity contribution in [2.24, 2.45) is 0 Å². The van der Waals surface area contributed by atoms with Crippen LogP contribution in [-0.4, -0.2) is 35.5 Å². The summed E-state index contributed by atoms with van der Waals surface area (Å²) < 4.78 is 5.35. The minimum absolute atomic E-state index is 0.00512. The van der Waals surface area contributed by atoms with Crippen molar-refractivity contribution in [1.82, 2.24) is 10.2 Å². The number of ether oxygens (including phenoxy) is 1. The van der Waals surface area contributed by atoms with Crippen LogP contribution in [0.3, 0.4) is 0 Å². The molecule has 0 aromatic heterocycles. The summed E-state index contributed by atoms with van der Waals surface area (Å²) in [5.74, 6) is -0.249. The number of amides is 1. The minimum atomic E-state index is -0.427. The summed E-state index contributed by atoms with van der Waals surface area (Å²) in [6.45, 7) is 0.960. The molecule has 1 aromatic carbocycles. The van der Waals surface area contributed by atoms with Crippen molar-refractivity contribution in [3.8, 4) is 0 Å².